The van der Waals surface area contributed by atoms with Crippen LogP contribution < -0.4 is 5.73 Å². The van der Waals surface area contributed by atoms with Crippen LogP contribution in [0.4, 0.5) is 0 Å². The monoisotopic (exact) mass is 252 g/mol. The molecule has 18 heavy (non-hydrogen) atoms. The number of nitrogens with zero attached hydrogens (tertiary/aromatic N) is 1. The molecule has 0 aromatic rings. The van der Waals surface area contributed by atoms with E-state index in [0.29, 0.717) is 5.41 Å². The van der Waals surface area contributed by atoms with Gasteiger partial charge in [0, 0.05) is 6.04 Å². The van der Waals surface area contributed by atoms with E-state index in [0.717, 1.165) is 18.5 Å². The van der Waals surface area contributed by atoms with Gasteiger partial charge in [-0.15, -0.1) is 0 Å². The van der Waals surface area contributed by atoms with Crippen molar-refractivity contribution in [2.24, 2.45) is 17.1 Å². The van der Waals surface area contributed by atoms with Crippen molar-refractivity contribution >= 4 is 0 Å². The maximum Gasteiger partial charge on any atom is 0.0123 e. The molecule has 2 unspecified atom stereocenters. The van der Waals surface area contributed by atoms with Crippen LogP contribution >= 0.6 is 0 Å². The zero-order chi connectivity index (χ0) is 13.0. The van der Waals surface area contributed by atoms with Gasteiger partial charge in [-0.05, 0) is 75.9 Å². The second-order valence-electron chi connectivity index (χ2n) is 7.24. The molecule has 0 amide bonds. The maximum atomic E-state index is 5.69. The van der Waals surface area contributed by atoms with E-state index in [4.69, 9.17) is 5.73 Å². The third-order valence-corrected chi connectivity index (χ3v) is 5.23. The summed E-state index contributed by atoms with van der Waals surface area (Å²) in [5.74, 6) is 1.04. The van der Waals surface area contributed by atoms with Gasteiger partial charge >= 0.3 is 0 Å². The maximum absolute atomic E-state index is 5.69. The van der Waals surface area contributed by atoms with E-state index in [1.165, 1.54) is 64.5 Å². The number of nitrogens with two attached hydrogens (primary N) is 1. The third-order valence-electron chi connectivity index (χ3n) is 5.23. The Morgan fingerprint density at radius 1 is 1.11 bits per heavy atom. The summed E-state index contributed by atoms with van der Waals surface area (Å²) in [6.07, 6.45) is 11.2. The summed E-state index contributed by atoms with van der Waals surface area (Å²) in [6, 6.07) is 0.941. The first-order valence-electron chi connectivity index (χ1n) is 8.06. The molecule has 1 saturated carbocycles. The molecule has 0 aromatic carbocycles. The summed E-state index contributed by atoms with van der Waals surface area (Å²) < 4.78 is 0. The number of hydrogen-bond donors (Lipinski definition) is 1. The van der Waals surface area contributed by atoms with E-state index in [-0.39, 0.29) is 0 Å². The van der Waals surface area contributed by atoms with E-state index in [1.807, 2.05) is 0 Å². The molecule has 1 saturated heterocycles. The molecule has 0 radical (unpaired) electrons. The highest BCUT2D eigenvalue weighted by molar-refractivity contribution is 4.89. The average Bonchev–Trinajstić information content (AvgIpc) is 2.77. The third kappa shape index (κ3) is 3.71. The summed E-state index contributed by atoms with van der Waals surface area (Å²) in [5.41, 5.74) is 6.13. The molecule has 1 aliphatic heterocycles. The quantitative estimate of drug-likeness (QED) is 0.785. The van der Waals surface area contributed by atoms with Crippen LogP contribution in [0.5, 0.6) is 0 Å². The van der Waals surface area contributed by atoms with Crippen LogP contribution in [0.25, 0.3) is 0 Å². The van der Waals surface area contributed by atoms with E-state index in [9.17, 15) is 0 Å². The van der Waals surface area contributed by atoms with Crippen molar-refractivity contribution < 1.29 is 0 Å². The fourth-order valence-electron chi connectivity index (χ4n) is 4.11. The van der Waals surface area contributed by atoms with E-state index < -0.39 is 0 Å². The second-order valence-corrected chi connectivity index (χ2v) is 7.24. The topological polar surface area (TPSA) is 29.3 Å². The first kappa shape index (κ1) is 14.3. The summed E-state index contributed by atoms with van der Waals surface area (Å²) in [6.45, 7) is 8.26. The smallest absolute Gasteiger partial charge is 0.0123 e. The summed E-state index contributed by atoms with van der Waals surface area (Å²) in [4.78, 5) is 2.81. The Kier molecular flexibility index (Phi) is 5.08. The van der Waals surface area contributed by atoms with Crippen LogP contribution in [0.1, 0.15) is 65.2 Å². The molecule has 2 N–H and O–H groups in total. The summed E-state index contributed by atoms with van der Waals surface area (Å²) in [7, 11) is 0. The van der Waals surface area contributed by atoms with Gasteiger partial charge in [0.25, 0.3) is 0 Å². The Labute approximate surface area is 113 Å². The lowest BCUT2D eigenvalue weighted by molar-refractivity contribution is 0.106. The van der Waals surface area contributed by atoms with Crippen molar-refractivity contribution in [3.8, 4) is 0 Å². The molecule has 0 bridgehead atoms. The molecule has 0 aromatic heterocycles. The number of rotatable bonds is 6. The van der Waals surface area contributed by atoms with Gasteiger partial charge in [0.05, 0.1) is 0 Å². The Morgan fingerprint density at radius 3 is 2.67 bits per heavy atom. The van der Waals surface area contributed by atoms with Gasteiger partial charge in [0.15, 0.2) is 0 Å². The van der Waals surface area contributed by atoms with Gasteiger partial charge in [-0.1, -0.05) is 20.3 Å². The Hall–Kier alpha value is -0.0800. The van der Waals surface area contributed by atoms with Crippen molar-refractivity contribution in [3.05, 3.63) is 0 Å². The molecule has 1 heterocycles. The number of piperidine rings is 1. The Morgan fingerprint density at radius 2 is 1.89 bits per heavy atom. The lowest BCUT2D eigenvalue weighted by atomic mass is 9.84. The van der Waals surface area contributed by atoms with Crippen LogP contribution in [0.2, 0.25) is 0 Å². The number of likely N-dealkylation sites (tertiary alicyclic amines) is 1. The van der Waals surface area contributed by atoms with Crippen molar-refractivity contribution in [3.63, 3.8) is 0 Å². The van der Waals surface area contributed by atoms with E-state index in [2.05, 4.69) is 18.7 Å². The summed E-state index contributed by atoms with van der Waals surface area (Å²) in [5, 5.41) is 0. The van der Waals surface area contributed by atoms with Crippen molar-refractivity contribution in [2.75, 3.05) is 19.6 Å². The predicted octanol–water partition coefficient (Wildman–Crippen LogP) is 3.41. The molecule has 2 nitrogen and oxygen atoms in total. The minimum Gasteiger partial charge on any atom is -0.330 e. The lowest BCUT2D eigenvalue weighted by Gasteiger charge is -2.38. The standard InChI is InChI=1S/C16H32N2/c1-16(2,10-11-17)9-5-13-18-12-4-7-14-6-3-8-15(14)18/h14-15H,3-13,17H2,1-2H3. The fourth-order valence-corrected chi connectivity index (χ4v) is 4.11. The van der Waals surface area contributed by atoms with Crippen LogP contribution in [0.3, 0.4) is 0 Å². The number of hydrogen-bond acceptors (Lipinski definition) is 2. The van der Waals surface area contributed by atoms with Crippen LogP contribution in [-0.2, 0) is 0 Å². The van der Waals surface area contributed by atoms with Crippen molar-refractivity contribution in [1.29, 1.82) is 0 Å². The minimum absolute atomic E-state index is 0.444. The van der Waals surface area contributed by atoms with Gasteiger partial charge < -0.3 is 10.6 Å². The molecule has 106 valence electrons. The highest BCUT2D eigenvalue weighted by atomic mass is 15.2. The van der Waals surface area contributed by atoms with Gasteiger partial charge in [0.2, 0.25) is 0 Å². The molecular weight excluding hydrogens is 220 g/mol. The Bertz CT molecular complexity index is 249. The largest absolute Gasteiger partial charge is 0.330 e. The van der Waals surface area contributed by atoms with Gasteiger partial charge in [-0.2, -0.15) is 0 Å². The first-order valence-corrected chi connectivity index (χ1v) is 8.06. The average molecular weight is 252 g/mol. The summed E-state index contributed by atoms with van der Waals surface area (Å²) >= 11 is 0. The number of fused-ring (bicyclic) bond motifs is 1. The van der Waals surface area contributed by atoms with Gasteiger partial charge in [-0.3, -0.25) is 0 Å². The fraction of sp³-hybridized carbons (Fsp3) is 1.00. The van der Waals surface area contributed by atoms with Crippen molar-refractivity contribution in [2.45, 2.75) is 71.3 Å². The molecule has 2 aliphatic rings. The lowest BCUT2D eigenvalue weighted by Crippen LogP contribution is -2.43. The van der Waals surface area contributed by atoms with Gasteiger partial charge in [0.1, 0.15) is 0 Å². The molecule has 1 aliphatic carbocycles. The van der Waals surface area contributed by atoms with Crippen molar-refractivity contribution in [1.82, 2.24) is 4.90 Å². The SMILES string of the molecule is CC(C)(CCN)CCCN1CCCC2CCCC21. The predicted molar refractivity (Wildman–Crippen MR) is 78.6 cm³/mol. The van der Waals surface area contributed by atoms with Crippen LogP contribution in [0, 0.1) is 11.3 Å². The first-order chi connectivity index (χ1) is 8.62. The zero-order valence-corrected chi connectivity index (χ0v) is 12.5. The minimum atomic E-state index is 0.444. The second kappa shape index (κ2) is 6.38. The van der Waals surface area contributed by atoms with Crippen LogP contribution in [-0.4, -0.2) is 30.6 Å². The zero-order valence-electron chi connectivity index (χ0n) is 12.5. The molecule has 0 spiro atoms. The highest BCUT2D eigenvalue weighted by Crippen LogP contribution is 2.37. The van der Waals surface area contributed by atoms with Crippen LogP contribution in [0.15, 0.2) is 0 Å². The molecule has 2 atom stereocenters. The highest BCUT2D eigenvalue weighted by Gasteiger charge is 2.34. The molecule has 2 fully saturated rings. The molecule has 2 heteroatoms. The Balaban J connectivity index is 1.72. The van der Waals surface area contributed by atoms with E-state index >= 15 is 0 Å². The van der Waals surface area contributed by atoms with E-state index in [1.54, 1.807) is 0 Å². The van der Waals surface area contributed by atoms with Gasteiger partial charge in [-0.25, -0.2) is 0 Å². The normalized spacial score (nSPS) is 29.5. The molecule has 2 rings (SSSR count). The molecular formula is C16H32N2.